The van der Waals surface area contributed by atoms with Crippen molar-refractivity contribution < 1.29 is 0 Å². The zero-order chi connectivity index (χ0) is 32.5. The SMILES string of the molecule is CC1=C([Si](C)(C)C2=C(C(C)C)Cc3c2cccc3-c2ccc(C(C)(C)C)cc2)c2cccc(-c3ccc(C(C)(C)C)cc3)c2C1. The molecule has 0 unspecified atom stereocenters. The minimum atomic E-state index is -2.08. The van der Waals surface area contributed by atoms with Gasteiger partial charge in [-0.2, -0.15) is 0 Å². The molecule has 0 N–H and O–H groups in total. The molecule has 0 heterocycles. The Bertz CT molecular complexity index is 1830. The monoisotopic (exact) mass is 608 g/mol. The van der Waals surface area contributed by atoms with E-state index in [0.29, 0.717) is 5.92 Å². The highest BCUT2D eigenvalue weighted by atomic mass is 28.3. The van der Waals surface area contributed by atoms with Gasteiger partial charge in [-0.3, -0.25) is 0 Å². The first-order valence-corrected chi connectivity index (χ1v) is 20.0. The topological polar surface area (TPSA) is 0 Å². The lowest BCUT2D eigenvalue weighted by atomic mass is 9.85. The van der Waals surface area contributed by atoms with Crippen molar-refractivity contribution in [3.05, 3.63) is 129 Å². The average Bonchev–Trinajstić information content (AvgIpc) is 3.55. The van der Waals surface area contributed by atoms with Gasteiger partial charge < -0.3 is 0 Å². The molecule has 1 heteroatoms. The Morgan fingerprint density at radius 2 is 0.933 bits per heavy atom. The third-order valence-electron chi connectivity index (χ3n) is 10.5. The van der Waals surface area contributed by atoms with Crippen LogP contribution in [0.1, 0.15) is 95.7 Å². The predicted molar refractivity (Wildman–Crippen MR) is 200 cm³/mol. The summed E-state index contributed by atoms with van der Waals surface area (Å²) in [5, 5.41) is 3.34. The Morgan fingerprint density at radius 1 is 0.533 bits per heavy atom. The Morgan fingerprint density at radius 3 is 1.36 bits per heavy atom. The van der Waals surface area contributed by atoms with Gasteiger partial charge in [0, 0.05) is 0 Å². The van der Waals surface area contributed by atoms with Gasteiger partial charge in [-0.15, -0.1) is 0 Å². The second kappa shape index (κ2) is 11.1. The van der Waals surface area contributed by atoms with Crippen LogP contribution in [0.3, 0.4) is 0 Å². The summed E-state index contributed by atoms with van der Waals surface area (Å²) in [4.78, 5) is 0. The van der Waals surface area contributed by atoms with Crippen molar-refractivity contribution in [2.24, 2.45) is 5.92 Å². The molecule has 0 radical (unpaired) electrons. The molecular weight excluding hydrogens is 557 g/mol. The Labute approximate surface area is 274 Å². The maximum Gasteiger partial charge on any atom is 0.113 e. The average molecular weight is 609 g/mol. The lowest BCUT2D eigenvalue weighted by molar-refractivity contribution is 0.590. The molecule has 0 aromatic heterocycles. The fourth-order valence-electron chi connectivity index (χ4n) is 8.12. The van der Waals surface area contributed by atoms with Crippen molar-refractivity contribution in [2.45, 2.75) is 99.1 Å². The molecule has 0 aliphatic heterocycles. The van der Waals surface area contributed by atoms with E-state index >= 15 is 0 Å². The molecule has 0 nitrogen and oxygen atoms in total. The van der Waals surface area contributed by atoms with Crippen LogP contribution in [0.2, 0.25) is 13.1 Å². The van der Waals surface area contributed by atoms with Gasteiger partial charge in [0.2, 0.25) is 0 Å². The van der Waals surface area contributed by atoms with Crippen molar-refractivity contribution >= 4 is 18.5 Å². The quantitative estimate of drug-likeness (QED) is 0.198. The van der Waals surface area contributed by atoms with Gasteiger partial charge >= 0.3 is 0 Å². The number of benzene rings is 4. The second-order valence-electron chi connectivity index (χ2n) is 16.5. The first kappa shape index (κ1) is 31.6. The van der Waals surface area contributed by atoms with Crippen LogP contribution in [0.4, 0.5) is 0 Å². The maximum atomic E-state index is 2.63. The van der Waals surface area contributed by atoms with Crippen molar-refractivity contribution in [3.8, 4) is 22.3 Å². The van der Waals surface area contributed by atoms with E-state index in [1.807, 2.05) is 0 Å². The van der Waals surface area contributed by atoms with Gasteiger partial charge in [0.15, 0.2) is 0 Å². The Hall–Kier alpha value is -3.42. The summed E-state index contributed by atoms with van der Waals surface area (Å²) in [6.07, 6.45) is 2.12. The lowest BCUT2D eigenvalue weighted by Crippen LogP contribution is -2.31. The van der Waals surface area contributed by atoms with E-state index in [1.54, 1.807) is 21.5 Å². The van der Waals surface area contributed by atoms with Gasteiger partial charge in [-0.05, 0) is 103 Å². The van der Waals surface area contributed by atoms with Gasteiger partial charge in [0.05, 0.1) is 0 Å². The third-order valence-corrected chi connectivity index (χ3v) is 14.3. The van der Waals surface area contributed by atoms with E-state index in [0.717, 1.165) is 12.8 Å². The van der Waals surface area contributed by atoms with E-state index < -0.39 is 8.07 Å². The molecule has 0 bridgehead atoms. The molecule has 4 aromatic rings. The fourth-order valence-corrected chi connectivity index (χ4v) is 12.5. The molecule has 0 fully saturated rings. The number of rotatable bonds is 5. The van der Waals surface area contributed by atoms with E-state index in [-0.39, 0.29) is 10.8 Å². The number of hydrogen-bond acceptors (Lipinski definition) is 0. The standard InChI is InChI=1S/C44H52Si/c1-28(2)38-27-40-35(31-20-24-33(25-21-31)44(7,8)9)15-13-17-37(40)42(38)45(10,11)41-29(3)26-39-34(14-12-16-36(39)41)30-18-22-32(23-19-30)43(4,5)6/h12-25,28H,26-27H2,1-11H3. The van der Waals surface area contributed by atoms with Crippen LogP contribution in [-0.4, -0.2) is 8.07 Å². The number of fused-ring (bicyclic) bond motifs is 2. The molecule has 0 saturated heterocycles. The number of allylic oxidation sites excluding steroid dienone is 2. The molecule has 6 rings (SSSR count). The van der Waals surface area contributed by atoms with Crippen LogP contribution in [0.15, 0.2) is 96.1 Å². The van der Waals surface area contributed by atoms with Crippen LogP contribution in [0.25, 0.3) is 32.6 Å². The first-order valence-electron chi connectivity index (χ1n) is 17.0. The number of hydrogen-bond donors (Lipinski definition) is 0. The molecule has 0 atom stereocenters. The summed E-state index contributed by atoms with van der Waals surface area (Å²) in [5.41, 5.74) is 17.9. The van der Waals surface area contributed by atoms with Crippen LogP contribution in [-0.2, 0) is 23.7 Å². The molecule has 232 valence electrons. The second-order valence-corrected chi connectivity index (χ2v) is 20.8. The van der Waals surface area contributed by atoms with Crippen molar-refractivity contribution in [1.82, 2.24) is 0 Å². The smallest absolute Gasteiger partial charge is 0.0686 e. The van der Waals surface area contributed by atoms with Gasteiger partial charge in [0.1, 0.15) is 8.07 Å². The van der Waals surface area contributed by atoms with Gasteiger partial charge in [-0.1, -0.05) is 165 Å². The minimum absolute atomic E-state index is 0.158. The largest absolute Gasteiger partial charge is 0.113 e. The van der Waals surface area contributed by atoms with Crippen LogP contribution >= 0.6 is 0 Å². The maximum absolute atomic E-state index is 2.63. The van der Waals surface area contributed by atoms with Crippen molar-refractivity contribution in [2.75, 3.05) is 0 Å². The van der Waals surface area contributed by atoms with E-state index in [2.05, 4.69) is 160 Å². The molecule has 2 aliphatic rings. The van der Waals surface area contributed by atoms with Crippen LogP contribution < -0.4 is 0 Å². The van der Waals surface area contributed by atoms with E-state index in [4.69, 9.17) is 0 Å². The summed E-state index contributed by atoms with van der Waals surface area (Å²) in [6, 6.07) is 32.9. The summed E-state index contributed by atoms with van der Waals surface area (Å²) in [7, 11) is -2.08. The molecule has 0 spiro atoms. The molecule has 4 aromatic carbocycles. The van der Waals surface area contributed by atoms with E-state index in [9.17, 15) is 0 Å². The van der Waals surface area contributed by atoms with Gasteiger partial charge in [-0.25, -0.2) is 0 Å². The molecular formula is C44H52Si. The highest BCUT2D eigenvalue weighted by Gasteiger charge is 2.42. The van der Waals surface area contributed by atoms with Crippen LogP contribution in [0, 0.1) is 5.92 Å². The Kier molecular flexibility index (Phi) is 7.80. The zero-order valence-electron chi connectivity index (χ0n) is 29.6. The molecule has 0 saturated carbocycles. The summed E-state index contributed by atoms with van der Waals surface area (Å²) in [5.74, 6) is 0.518. The Balaban J connectivity index is 1.43. The predicted octanol–water partition coefficient (Wildman–Crippen LogP) is 12.4. The first-order chi connectivity index (χ1) is 21.1. The van der Waals surface area contributed by atoms with Crippen LogP contribution in [0.5, 0.6) is 0 Å². The third kappa shape index (κ3) is 5.52. The highest BCUT2D eigenvalue weighted by molar-refractivity contribution is 7.09. The van der Waals surface area contributed by atoms with E-state index in [1.165, 1.54) is 55.6 Å². The van der Waals surface area contributed by atoms with Gasteiger partial charge in [0.25, 0.3) is 0 Å². The summed E-state index contributed by atoms with van der Waals surface area (Å²) >= 11 is 0. The summed E-state index contributed by atoms with van der Waals surface area (Å²) in [6.45, 7) is 26.3. The zero-order valence-corrected chi connectivity index (χ0v) is 30.6. The normalized spacial score (nSPS) is 15.3. The van der Waals surface area contributed by atoms with Crippen molar-refractivity contribution in [3.63, 3.8) is 0 Å². The fraction of sp³-hybridized carbons (Fsp3) is 0.364. The molecule has 45 heavy (non-hydrogen) atoms. The minimum Gasteiger partial charge on any atom is -0.0686 e. The lowest BCUT2D eigenvalue weighted by Gasteiger charge is -2.31. The molecule has 2 aliphatic carbocycles. The van der Waals surface area contributed by atoms with Crippen molar-refractivity contribution in [1.29, 1.82) is 0 Å². The molecule has 0 amide bonds. The highest BCUT2D eigenvalue weighted by Crippen LogP contribution is 2.52. The summed E-state index contributed by atoms with van der Waals surface area (Å²) < 4.78 is 0.